The van der Waals surface area contributed by atoms with Crippen LogP contribution in [0.5, 0.6) is 23.0 Å². The third-order valence-electron chi connectivity index (χ3n) is 5.78. The van der Waals surface area contributed by atoms with Gasteiger partial charge in [0.05, 0.1) is 40.7 Å². The van der Waals surface area contributed by atoms with Crippen molar-refractivity contribution in [2.24, 2.45) is 0 Å². The summed E-state index contributed by atoms with van der Waals surface area (Å²) in [6, 6.07) is 16.5. The van der Waals surface area contributed by atoms with E-state index in [4.69, 9.17) is 35.3 Å². The fraction of sp³-hybridized carbons (Fsp3) is 0.269. The molecule has 0 N–H and O–H groups in total. The van der Waals surface area contributed by atoms with Gasteiger partial charge in [-0.2, -0.15) is 0 Å². The predicted octanol–water partition coefficient (Wildman–Crippen LogP) is 5.03. The van der Waals surface area contributed by atoms with Crippen LogP contribution in [0.4, 0.5) is 5.69 Å². The second kappa shape index (κ2) is 10.2. The summed E-state index contributed by atoms with van der Waals surface area (Å²) < 4.78 is 28.1. The Labute approximate surface area is 203 Å². The van der Waals surface area contributed by atoms with E-state index in [9.17, 15) is 4.79 Å². The molecule has 4 rings (SSSR count). The van der Waals surface area contributed by atoms with Crippen molar-refractivity contribution in [1.82, 2.24) is 0 Å². The lowest BCUT2D eigenvalue weighted by Crippen LogP contribution is -2.32. The molecule has 1 atom stereocenters. The monoisotopic (exact) mass is 483 g/mol. The van der Waals surface area contributed by atoms with Gasteiger partial charge in [0.25, 0.3) is 5.91 Å². The van der Waals surface area contributed by atoms with Gasteiger partial charge in [0.2, 0.25) is 0 Å². The van der Waals surface area contributed by atoms with Crippen LogP contribution in [-0.2, 0) is 16.1 Å². The van der Waals surface area contributed by atoms with Crippen molar-refractivity contribution in [3.05, 3.63) is 76.3 Å². The quantitative estimate of drug-likeness (QED) is 0.469. The van der Waals surface area contributed by atoms with Crippen LogP contribution >= 0.6 is 11.6 Å². The van der Waals surface area contributed by atoms with Gasteiger partial charge in [-0.15, -0.1) is 0 Å². The minimum atomic E-state index is -0.592. The molecule has 0 fully saturated rings. The summed E-state index contributed by atoms with van der Waals surface area (Å²) in [5.41, 5.74) is 3.01. The summed E-state index contributed by atoms with van der Waals surface area (Å²) >= 11 is 6.39. The molecule has 0 radical (unpaired) electrons. The van der Waals surface area contributed by atoms with Gasteiger partial charge < -0.3 is 28.6 Å². The molecule has 34 heavy (non-hydrogen) atoms. The second-order valence-corrected chi connectivity index (χ2v) is 8.07. The number of ether oxygens (including phenoxy) is 5. The molecule has 0 saturated carbocycles. The van der Waals surface area contributed by atoms with Gasteiger partial charge >= 0.3 is 0 Å². The molecule has 8 heteroatoms. The van der Waals surface area contributed by atoms with E-state index in [0.29, 0.717) is 33.7 Å². The minimum Gasteiger partial charge on any atom is -0.497 e. The van der Waals surface area contributed by atoms with Crippen molar-refractivity contribution in [2.45, 2.75) is 12.6 Å². The SMILES string of the molecule is COc1ccc(CN2C(=O)CO[C@H](c3cccc(OC)c3OC)c3cc(Cl)ccc32)c(OC)c1. The second-order valence-electron chi connectivity index (χ2n) is 7.63. The number of methoxy groups -OCH3 is 4. The zero-order valence-electron chi connectivity index (χ0n) is 19.5. The molecule has 1 aliphatic rings. The highest BCUT2D eigenvalue weighted by molar-refractivity contribution is 6.30. The van der Waals surface area contributed by atoms with Crippen LogP contribution in [0.2, 0.25) is 5.02 Å². The Kier molecular flexibility index (Phi) is 7.14. The smallest absolute Gasteiger partial charge is 0.253 e. The zero-order valence-corrected chi connectivity index (χ0v) is 20.2. The number of benzene rings is 3. The van der Waals surface area contributed by atoms with Gasteiger partial charge in [0, 0.05) is 27.8 Å². The molecule has 3 aromatic carbocycles. The normalized spacial score (nSPS) is 15.4. The van der Waals surface area contributed by atoms with E-state index >= 15 is 0 Å². The fourth-order valence-electron chi connectivity index (χ4n) is 4.14. The summed E-state index contributed by atoms with van der Waals surface area (Å²) in [7, 11) is 6.33. The molecule has 178 valence electrons. The number of nitrogens with zero attached hydrogens (tertiary/aromatic N) is 1. The molecule has 0 saturated heterocycles. The molecule has 7 nitrogen and oxygen atoms in total. The van der Waals surface area contributed by atoms with E-state index in [-0.39, 0.29) is 19.1 Å². The first-order chi connectivity index (χ1) is 16.5. The molecule has 0 bridgehead atoms. The predicted molar refractivity (Wildman–Crippen MR) is 130 cm³/mol. The summed E-state index contributed by atoms with van der Waals surface area (Å²) in [5, 5.41) is 0.533. The highest BCUT2D eigenvalue weighted by atomic mass is 35.5. The van der Waals surface area contributed by atoms with Crippen molar-refractivity contribution < 1.29 is 28.5 Å². The standard InChI is InChI=1S/C26H26ClNO6/c1-30-18-10-8-16(23(13-18)32-3)14-28-21-11-9-17(27)12-20(21)25(34-15-24(28)29)19-6-5-7-22(31-2)26(19)33-4/h5-13,25H,14-15H2,1-4H3/t25-/m1/s1. The van der Waals surface area contributed by atoms with Gasteiger partial charge in [0.1, 0.15) is 24.2 Å². The van der Waals surface area contributed by atoms with Crippen LogP contribution in [0.1, 0.15) is 22.8 Å². The molecule has 0 aliphatic carbocycles. The van der Waals surface area contributed by atoms with Crippen LogP contribution in [0.25, 0.3) is 0 Å². The first kappa shape index (κ1) is 23.7. The summed E-state index contributed by atoms with van der Waals surface area (Å²) in [5.74, 6) is 2.22. The van der Waals surface area contributed by atoms with Crippen molar-refractivity contribution >= 4 is 23.2 Å². The number of rotatable bonds is 7. The highest BCUT2D eigenvalue weighted by Crippen LogP contribution is 2.44. The van der Waals surface area contributed by atoms with Crippen LogP contribution in [-0.4, -0.2) is 41.0 Å². The number of amides is 1. The molecule has 0 aromatic heterocycles. The fourth-order valence-corrected chi connectivity index (χ4v) is 4.32. The Balaban J connectivity index is 1.82. The van der Waals surface area contributed by atoms with Gasteiger partial charge in [-0.3, -0.25) is 4.79 Å². The summed E-state index contributed by atoms with van der Waals surface area (Å²) in [6.45, 7) is 0.155. The summed E-state index contributed by atoms with van der Waals surface area (Å²) in [4.78, 5) is 15.0. The van der Waals surface area contributed by atoms with E-state index in [0.717, 1.165) is 16.7 Å². The van der Waals surface area contributed by atoms with E-state index in [1.807, 2.05) is 42.5 Å². The lowest BCUT2D eigenvalue weighted by molar-refractivity contribution is -0.124. The molecule has 1 amide bonds. The van der Waals surface area contributed by atoms with Crippen molar-refractivity contribution in [3.63, 3.8) is 0 Å². The first-order valence-electron chi connectivity index (χ1n) is 10.6. The van der Waals surface area contributed by atoms with Crippen LogP contribution in [0, 0.1) is 0 Å². The largest absolute Gasteiger partial charge is 0.497 e. The van der Waals surface area contributed by atoms with E-state index in [1.165, 1.54) is 0 Å². The number of carbonyl (C=O) groups is 1. The average molecular weight is 484 g/mol. The lowest BCUT2D eigenvalue weighted by Gasteiger charge is -2.25. The Morgan fingerprint density at radius 1 is 0.912 bits per heavy atom. The molecular weight excluding hydrogens is 458 g/mol. The van der Waals surface area contributed by atoms with Crippen molar-refractivity contribution in [1.29, 1.82) is 0 Å². The number of para-hydroxylation sites is 1. The maximum absolute atomic E-state index is 13.3. The zero-order chi connectivity index (χ0) is 24.2. The average Bonchev–Trinajstić information content (AvgIpc) is 2.99. The molecule has 1 heterocycles. The molecule has 0 unspecified atom stereocenters. The van der Waals surface area contributed by atoms with E-state index in [2.05, 4.69) is 0 Å². The van der Waals surface area contributed by atoms with Crippen LogP contribution in [0.3, 0.4) is 0 Å². The Morgan fingerprint density at radius 3 is 2.41 bits per heavy atom. The summed E-state index contributed by atoms with van der Waals surface area (Å²) in [6.07, 6.45) is -0.592. The van der Waals surface area contributed by atoms with E-state index in [1.54, 1.807) is 45.5 Å². The third kappa shape index (κ3) is 4.49. The number of carbonyl (C=O) groups excluding carboxylic acids is 1. The topological polar surface area (TPSA) is 66.5 Å². The third-order valence-corrected chi connectivity index (χ3v) is 6.01. The van der Waals surface area contributed by atoms with Gasteiger partial charge in [-0.25, -0.2) is 0 Å². The number of hydrogen-bond acceptors (Lipinski definition) is 6. The number of fused-ring (bicyclic) bond motifs is 1. The van der Waals surface area contributed by atoms with Gasteiger partial charge in [-0.05, 0) is 36.4 Å². The number of anilines is 1. The molecular formula is C26H26ClNO6. The lowest BCUT2D eigenvalue weighted by atomic mass is 9.97. The Hall–Kier alpha value is -3.42. The van der Waals surface area contributed by atoms with Crippen LogP contribution in [0.15, 0.2) is 54.6 Å². The molecule has 1 aliphatic heterocycles. The molecule has 0 spiro atoms. The maximum atomic E-state index is 13.3. The first-order valence-corrected chi connectivity index (χ1v) is 11.0. The Morgan fingerprint density at radius 2 is 1.71 bits per heavy atom. The van der Waals surface area contributed by atoms with E-state index < -0.39 is 6.10 Å². The number of halogens is 1. The van der Waals surface area contributed by atoms with Crippen molar-refractivity contribution in [3.8, 4) is 23.0 Å². The maximum Gasteiger partial charge on any atom is 0.253 e. The van der Waals surface area contributed by atoms with Crippen LogP contribution < -0.4 is 23.8 Å². The number of hydrogen-bond donors (Lipinski definition) is 0. The minimum absolute atomic E-state index is 0.129. The Bertz CT molecular complexity index is 1200. The van der Waals surface area contributed by atoms with Crippen molar-refractivity contribution in [2.75, 3.05) is 39.9 Å². The van der Waals surface area contributed by atoms with Gasteiger partial charge in [0.15, 0.2) is 11.5 Å². The van der Waals surface area contributed by atoms with Gasteiger partial charge in [-0.1, -0.05) is 23.7 Å². The molecule has 3 aromatic rings. The highest BCUT2D eigenvalue weighted by Gasteiger charge is 2.32.